The first-order valence-electron chi connectivity index (χ1n) is 9.62. The third-order valence-corrected chi connectivity index (χ3v) is 4.93. The van der Waals surface area contributed by atoms with E-state index in [1.807, 2.05) is 24.3 Å². The molecule has 0 atom stereocenters. The molecule has 5 nitrogen and oxygen atoms in total. The van der Waals surface area contributed by atoms with Gasteiger partial charge in [-0.3, -0.25) is 9.59 Å². The van der Waals surface area contributed by atoms with Gasteiger partial charge in [0.15, 0.2) is 6.61 Å². The molecular formula is C22H25FN2O3. The highest BCUT2D eigenvalue weighted by Crippen LogP contribution is 2.14. The minimum Gasteiger partial charge on any atom is -0.484 e. The smallest absolute Gasteiger partial charge is 0.260 e. The SMILES string of the molecule is CCc1ccc(OCC(=O)N2CCCN(C(=O)c3ccccc3F)CC2)cc1. The number of benzene rings is 2. The van der Waals surface area contributed by atoms with E-state index in [4.69, 9.17) is 4.74 Å². The van der Waals surface area contributed by atoms with Crippen LogP contribution in [0.1, 0.15) is 29.3 Å². The molecule has 0 aliphatic carbocycles. The van der Waals surface area contributed by atoms with Gasteiger partial charge in [0.1, 0.15) is 11.6 Å². The Morgan fingerprint density at radius 2 is 1.64 bits per heavy atom. The molecule has 0 spiro atoms. The molecule has 3 rings (SSSR count). The van der Waals surface area contributed by atoms with Crippen LogP contribution in [0.5, 0.6) is 5.75 Å². The van der Waals surface area contributed by atoms with Crippen molar-refractivity contribution < 1.29 is 18.7 Å². The van der Waals surface area contributed by atoms with Crippen molar-refractivity contribution in [2.24, 2.45) is 0 Å². The second-order valence-corrected chi connectivity index (χ2v) is 6.79. The van der Waals surface area contributed by atoms with Crippen LogP contribution in [-0.4, -0.2) is 54.4 Å². The molecular weight excluding hydrogens is 359 g/mol. The standard InChI is InChI=1S/C22H25FN2O3/c1-2-17-8-10-18(11-9-17)28-16-21(26)24-12-5-13-25(15-14-24)22(27)19-6-3-4-7-20(19)23/h3-4,6-11H,2,5,12-16H2,1H3. The van der Waals surface area contributed by atoms with Crippen molar-refractivity contribution >= 4 is 11.8 Å². The van der Waals surface area contributed by atoms with Crippen LogP contribution in [0.2, 0.25) is 0 Å². The number of amides is 2. The van der Waals surface area contributed by atoms with Gasteiger partial charge in [0.25, 0.3) is 11.8 Å². The number of carbonyl (C=O) groups is 2. The summed E-state index contributed by atoms with van der Waals surface area (Å²) in [5.74, 6) is -0.302. The monoisotopic (exact) mass is 384 g/mol. The fraction of sp³-hybridized carbons (Fsp3) is 0.364. The van der Waals surface area contributed by atoms with Crippen LogP contribution >= 0.6 is 0 Å². The van der Waals surface area contributed by atoms with Gasteiger partial charge in [-0.2, -0.15) is 0 Å². The lowest BCUT2D eigenvalue weighted by Crippen LogP contribution is -2.39. The summed E-state index contributed by atoms with van der Waals surface area (Å²) in [6, 6.07) is 13.7. The predicted molar refractivity (Wildman–Crippen MR) is 105 cm³/mol. The first-order valence-corrected chi connectivity index (χ1v) is 9.62. The zero-order chi connectivity index (χ0) is 19.9. The number of aryl methyl sites for hydroxylation is 1. The van der Waals surface area contributed by atoms with Gasteiger partial charge in [0.05, 0.1) is 5.56 Å². The quantitative estimate of drug-likeness (QED) is 0.796. The highest BCUT2D eigenvalue weighted by atomic mass is 19.1. The van der Waals surface area contributed by atoms with E-state index in [0.29, 0.717) is 38.3 Å². The third-order valence-electron chi connectivity index (χ3n) is 4.93. The third kappa shape index (κ3) is 4.88. The summed E-state index contributed by atoms with van der Waals surface area (Å²) in [4.78, 5) is 28.4. The fourth-order valence-corrected chi connectivity index (χ4v) is 3.23. The van der Waals surface area contributed by atoms with E-state index in [1.165, 1.54) is 17.7 Å². The Kier molecular flexibility index (Phi) is 6.63. The molecule has 2 amide bonds. The summed E-state index contributed by atoms with van der Waals surface area (Å²) >= 11 is 0. The van der Waals surface area contributed by atoms with Crippen LogP contribution in [0.25, 0.3) is 0 Å². The van der Waals surface area contributed by atoms with Gasteiger partial charge in [-0.25, -0.2) is 4.39 Å². The lowest BCUT2D eigenvalue weighted by atomic mass is 10.2. The van der Waals surface area contributed by atoms with Crippen LogP contribution in [0.3, 0.4) is 0 Å². The fourth-order valence-electron chi connectivity index (χ4n) is 3.23. The Hall–Kier alpha value is -2.89. The molecule has 0 radical (unpaired) electrons. The number of hydrogen-bond donors (Lipinski definition) is 0. The number of hydrogen-bond acceptors (Lipinski definition) is 3. The minimum absolute atomic E-state index is 0.0350. The van der Waals surface area contributed by atoms with E-state index in [1.54, 1.807) is 21.9 Å². The van der Waals surface area contributed by atoms with Crippen molar-refractivity contribution in [2.45, 2.75) is 19.8 Å². The Morgan fingerprint density at radius 3 is 2.36 bits per heavy atom. The summed E-state index contributed by atoms with van der Waals surface area (Å²) in [5.41, 5.74) is 1.28. The highest BCUT2D eigenvalue weighted by Gasteiger charge is 2.24. The molecule has 0 N–H and O–H groups in total. The van der Waals surface area contributed by atoms with Crippen LogP contribution in [0, 0.1) is 5.82 Å². The molecule has 0 unspecified atom stereocenters. The van der Waals surface area contributed by atoms with Crippen molar-refractivity contribution in [3.8, 4) is 5.75 Å². The number of nitrogens with zero attached hydrogens (tertiary/aromatic N) is 2. The number of ether oxygens (including phenoxy) is 1. The van der Waals surface area contributed by atoms with Gasteiger partial charge in [0.2, 0.25) is 0 Å². The summed E-state index contributed by atoms with van der Waals surface area (Å²) in [7, 11) is 0. The Morgan fingerprint density at radius 1 is 0.964 bits per heavy atom. The first-order chi connectivity index (χ1) is 13.6. The van der Waals surface area contributed by atoms with E-state index in [2.05, 4.69) is 6.92 Å². The van der Waals surface area contributed by atoms with Crippen molar-refractivity contribution in [3.05, 3.63) is 65.5 Å². The van der Waals surface area contributed by atoms with Crippen molar-refractivity contribution in [1.82, 2.24) is 9.80 Å². The zero-order valence-corrected chi connectivity index (χ0v) is 16.1. The molecule has 0 aromatic heterocycles. The van der Waals surface area contributed by atoms with Crippen LogP contribution in [-0.2, 0) is 11.2 Å². The number of halogens is 1. The second-order valence-electron chi connectivity index (χ2n) is 6.79. The van der Waals surface area contributed by atoms with Crippen LogP contribution < -0.4 is 4.74 Å². The molecule has 2 aromatic rings. The van der Waals surface area contributed by atoms with Gasteiger partial charge >= 0.3 is 0 Å². The molecule has 1 aliphatic heterocycles. The molecule has 2 aromatic carbocycles. The molecule has 1 heterocycles. The lowest BCUT2D eigenvalue weighted by Gasteiger charge is -2.22. The molecule has 1 fully saturated rings. The summed E-state index contributed by atoms with van der Waals surface area (Å²) in [6.45, 7) is 3.89. The van der Waals surface area contributed by atoms with Crippen molar-refractivity contribution in [1.29, 1.82) is 0 Å². The predicted octanol–water partition coefficient (Wildman–Crippen LogP) is 3.14. The van der Waals surface area contributed by atoms with Crippen LogP contribution in [0.4, 0.5) is 4.39 Å². The Bertz CT molecular complexity index is 823. The average molecular weight is 384 g/mol. The summed E-state index contributed by atoms with van der Waals surface area (Å²) < 4.78 is 19.5. The normalized spacial score (nSPS) is 14.5. The second kappa shape index (κ2) is 9.35. The van der Waals surface area contributed by atoms with Crippen LogP contribution in [0.15, 0.2) is 48.5 Å². The van der Waals surface area contributed by atoms with Gasteiger partial charge in [-0.1, -0.05) is 31.2 Å². The zero-order valence-electron chi connectivity index (χ0n) is 16.1. The topological polar surface area (TPSA) is 49.9 Å². The summed E-state index contributed by atoms with van der Waals surface area (Å²) in [5, 5.41) is 0. The summed E-state index contributed by atoms with van der Waals surface area (Å²) in [6.07, 6.45) is 1.60. The maximum Gasteiger partial charge on any atom is 0.260 e. The van der Waals surface area contributed by atoms with E-state index < -0.39 is 5.82 Å². The highest BCUT2D eigenvalue weighted by molar-refractivity contribution is 5.94. The maximum atomic E-state index is 13.9. The van der Waals surface area contributed by atoms with Crippen molar-refractivity contribution in [2.75, 3.05) is 32.8 Å². The van der Waals surface area contributed by atoms with Crippen molar-refractivity contribution in [3.63, 3.8) is 0 Å². The molecule has 0 bridgehead atoms. The minimum atomic E-state index is -0.521. The molecule has 28 heavy (non-hydrogen) atoms. The molecule has 6 heteroatoms. The largest absolute Gasteiger partial charge is 0.484 e. The van der Waals surface area contributed by atoms with E-state index >= 15 is 0 Å². The Labute approximate surface area is 164 Å². The first kappa shape index (κ1) is 19.9. The lowest BCUT2D eigenvalue weighted by molar-refractivity contribution is -0.133. The van der Waals surface area contributed by atoms with E-state index in [-0.39, 0.29) is 24.0 Å². The molecule has 1 saturated heterocycles. The number of rotatable bonds is 5. The van der Waals surface area contributed by atoms with Gasteiger partial charge in [-0.15, -0.1) is 0 Å². The van der Waals surface area contributed by atoms with E-state index in [9.17, 15) is 14.0 Å². The molecule has 1 aliphatic rings. The van der Waals surface area contributed by atoms with Gasteiger partial charge in [-0.05, 0) is 42.7 Å². The Balaban J connectivity index is 1.53. The number of carbonyl (C=O) groups excluding carboxylic acids is 2. The molecule has 148 valence electrons. The van der Waals surface area contributed by atoms with Gasteiger partial charge in [0, 0.05) is 26.2 Å². The molecule has 0 saturated carbocycles. The van der Waals surface area contributed by atoms with E-state index in [0.717, 1.165) is 6.42 Å². The maximum absolute atomic E-state index is 13.9. The average Bonchev–Trinajstić information content (AvgIpc) is 2.98. The van der Waals surface area contributed by atoms with Gasteiger partial charge < -0.3 is 14.5 Å².